The number of carbonyl (C=O) groups is 1. The minimum absolute atomic E-state index is 0.0462. The first-order valence-corrected chi connectivity index (χ1v) is 13.0. The number of nitro benzene ring substituents is 1. The molecule has 0 aliphatic carbocycles. The van der Waals surface area contributed by atoms with Crippen LogP contribution in [0.1, 0.15) is 53.5 Å². The monoisotopic (exact) mass is 612 g/mol. The molecule has 10 nitrogen and oxygen atoms in total. The molecule has 1 atom stereocenters. The number of nitrogens with zero attached hydrogens (tertiary/aromatic N) is 4. The summed E-state index contributed by atoms with van der Waals surface area (Å²) in [6, 6.07) is 13.9. The van der Waals surface area contributed by atoms with E-state index < -0.39 is 16.6 Å². The second-order valence-corrected chi connectivity index (χ2v) is 10.0. The Hall–Kier alpha value is -4.09. The van der Waals surface area contributed by atoms with Crippen molar-refractivity contribution in [3.8, 4) is 5.75 Å². The molecule has 4 aromatic rings. The smallest absolute Gasteiger partial charge is 0.335 e. The van der Waals surface area contributed by atoms with Gasteiger partial charge in [0.25, 0.3) is 5.56 Å². The van der Waals surface area contributed by atoms with E-state index in [1.54, 1.807) is 30.3 Å². The lowest BCUT2D eigenvalue weighted by Gasteiger charge is -2.14. The second kappa shape index (κ2) is 11.7. The fraction of sp³-hybridized carbons (Fsp3) is 0.185. The predicted molar refractivity (Wildman–Crippen MR) is 151 cm³/mol. The van der Waals surface area contributed by atoms with Crippen LogP contribution in [0.15, 0.2) is 69.0 Å². The van der Waals surface area contributed by atoms with Crippen LogP contribution in [0, 0.1) is 10.1 Å². The Balaban J connectivity index is 1.71. The van der Waals surface area contributed by atoms with Gasteiger partial charge in [-0.05, 0) is 48.4 Å². The van der Waals surface area contributed by atoms with Crippen LogP contribution in [0.2, 0.25) is 5.02 Å². The van der Waals surface area contributed by atoms with Crippen molar-refractivity contribution in [2.24, 2.45) is 5.10 Å². The topological polar surface area (TPSA) is 137 Å². The van der Waals surface area contributed by atoms with E-state index in [4.69, 9.17) is 16.3 Å². The molecule has 0 unspecified atom stereocenters. The van der Waals surface area contributed by atoms with Gasteiger partial charge < -0.3 is 9.84 Å². The Morgan fingerprint density at radius 1 is 1.28 bits per heavy atom. The molecule has 4 rings (SSSR count). The van der Waals surface area contributed by atoms with Crippen molar-refractivity contribution >= 4 is 56.3 Å². The lowest BCUT2D eigenvalue weighted by Crippen LogP contribution is -2.23. The number of halogens is 2. The number of carboxylic acids is 1. The van der Waals surface area contributed by atoms with Crippen LogP contribution in [0.3, 0.4) is 0 Å². The summed E-state index contributed by atoms with van der Waals surface area (Å²) in [6.07, 6.45) is 2.01. The fourth-order valence-corrected chi connectivity index (χ4v) is 4.44. The van der Waals surface area contributed by atoms with Crippen LogP contribution in [0.5, 0.6) is 5.75 Å². The first-order valence-electron chi connectivity index (χ1n) is 11.8. The van der Waals surface area contributed by atoms with E-state index in [1.807, 2.05) is 13.8 Å². The molecule has 3 aromatic carbocycles. The van der Waals surface area contributed by atoms with Crippen molar-refractivity contribution in [3.05, 3.63) is 107 Å². The Morgan fingerprint density at radius 3 is 2.74 bits per heavy atom. The maximum atomic E-state index is 13.3. The van der Waals surface area contributed by atoms with E-state index in [9.17, 15) is 24.8 Å². The molecule has 0 bridgehead atoms. The Morgan fingerprint density at radius 2 is 2.05 bits per heavy atom. The largest absolute Gasteiger partial charge is 0.481 e. The molecule has 1 aromatic heterocycles. The Kier molecular flexibility index (Phi) is 8.41. The maximum Gasteiger partial charge on any atom is 0.335 e. The van der Waals surface area contributed by atoms with Crippen molar-refractivity contribution in [3.63, 3.8) is 0 Å². The molecule has 0 aliphatic rings. The summed E-state index contributed by atoms with van der Waals surface area (Å²) in [5.74, 6) is -0.905. The van der Waals surface area contributed by atoms with Crippen LogP contribution in [0.4, 0.5) is 5.69 Å². The van der Waals surface area contributed by atoms with E-state index in [2.05, 4.69) is 26.0 Å². The first kappa shape index (κ1) is 27.9. The van der Waals surface area contributed by atoms with Gasteiger partial charge in [-0.2, -0.15) is 9.78 Å². The number of carboxylic acid groups (broad SMARTS) is 1. The van der Waals surface area contributed by atoms with Gasteiger partial charge in [0, 0.05) is 22.0 Å². The van der Waals surface area contributed by atoms with Gasteiger partial charge in [0.2, 0.25) is 5.75 Å². The molecule has 0 spiro atoms. The van der Waals surface area contributed by atoms with E-state index >= 15 is 0 Å². The van der Waals surface area contributed by atoms with Crippen molar-refractivity contribution in [1.29, 1.82) is 0 Å². The summed E-state index contributed by atoms with van der Waals surface area (Å²) in [5.41, 5.74) is 0.580. The summed E-state index contributed by atoms with van der Waals surface area (Å²) in [6.45, 7) is 3.76. The van der Waals surface area contributed by atoms with Crippen LogP contribution in [-0.4, -0.2) is 31.9 Å². The summed E-state index contributed by atoms with van der Waals surface area (Å²) < 4.78 is 7.54. The maximum absolute atomic E-state index is 13.3. The molecule has 200 valence electrons. The molecule has 12 heteroatoms. The van der Waals surface area contributed by atoms with Crippen LogP contribution >= 0.6 is 27.5 Å². The molecule has 0 amide bonds. The van der Waals surface area contributed by atoms with Crippen molar-refractivity contribution in [2.45, 2.75) is 32.8 Å². The molecule has 1 N–H and O–H groups in total. The fourth-order valence-electron chi connectivity index (χ4n) is 3.81. The highest BCUT2D eigenvalue weighted by atomic mass is 79.9. The predicted octanol–water partition coefficient (Wildman–Crippen LogP) is 6.39. The Labute approximate surface area is 235 Å². The quantitative estimate of drug-likeness (QED) is 0.131. The number of hydrogen-bond donors (Lipinski definition) is 1. The lowest BCUT2D eigenvalue weighted by atomic mass is 10.1. The van der Waals surface area contributed by atoms with Crippen LogP contribution in [0.25, 0.3) is 10.9 Å². The lowest BCUT2D eigenvalue weighted by molar-refractivity contribution is -0.385. The zero-order valence-corrected chi connectivity index (χ0v) is 23.1. The van der Waals surface area contributed by atoms with Gasteiger partial charge in [-0.15, -0.1) is 0 Å². The van der Waals surface area contributed by atoms with Gasteiger partial charge >= 0.3 is 11.7 Å². The average Bonchev–Trinajstić information content (AvgIpc) is 2.91. The van der Waals surface area contributed by atoms with Gasteiger partial charge in [-0.25, -0.2) is 9.78 Å². The molecule has 1 heterocycles. The van der Waals surface area contributed by atoms with Crippen LogP contribution in [-0.2, 0) is 6.61 Å². The molecule has 39 heavy (non-hydrogen) atoms. The third-order valence-electron chi connectivity index (χ3n) is 6.01. The highest BCUT2D eigenvalue weighted by Gasteiger charge is 2.21. The number of aromatic nitrogens is 2. The highest BCUT2D eigenvalue weighted by Crippen LogP contribution is 2.36. The minimum atomic E-state index is -1.10. The number of fused-ring (bicyclic) bond motifs is 1. The Bertz CT molecular complexity index is 1690. The molecule has 0 radical (unpaired) electrons. The number of nitro groups is 1. The molecular formula is C27H22BrClN4O6. The van der Waals surface area contributed by atoms with Crippen molar-refractivity contribution < 1.29 is 19.6 Å². The number of rotatable bonds is 9. The van der Waals surface area contributed by atoms with E-state index in [0.29, 0.717) is 33.2 Å². The number of hydrogen-bond acceptors (Lipinski definition) is 7. The van der Waals surface area contributed by atoms with E-state index in [-0.39, 0.29) is 40.0 Å². The molecule has 0 saturated carbocycles. The second-order valence-electron chi connectivity index (χ2n) is 8.70. The molecule has 0 saturated heterocycles. The standard InChI is InChI=1S/C27H22BrClN4O6/c1-3-15(2)25-31-22-8-7-19(28)12-20(22)26(34)32(25)30-13-17-10-21(29)24(23(11-17)33(37)38)39-14-16-5-4-6-18(9-16)27(35)36/h4-13,15H,3,14H2,1-2H3,(H,35,36)/t15-/m0/s1. The number of benzene rings is 3. The normalized spacial score (nSPS) is 12.1. The first-order chi connectivity index (χ1) is 18.6. The van der Waals surface area contributed by atoms with E-state index in [0.717, 1.165) is 0 Å². The van der Waals surface area contributed by atoms with E-state index in [1.165, 1.54) is 35.2 Å². The van der Waals surface area contributed by atoms with Gasteiger partial charge in [0.05, 0.1) is 32.6 Å². The van der Waals surface area contributed by atoms with Crippen molar-refractivity contribution in [2.75, 3.05) is 0 Å². The minimum Gasteiger partial charge on any atom is -0.481 e. The number of ether oxygens (including phenoxy) is 1. The zero-order valence-electron chi connectivity index (χ0n) is 20.8. The summed E-state index contributed by atoms with van der Waals surface area (Å²) in [4.78, 5) is 40.4. The highest BCUT2D eigenvalue weighted by molar-refractivity contribution is 9.10. The molecule has 0 fully saturated rings. The third-order valence-corrected chi connectivity index (χ3v) is 6.78. The summed E-state index contributed by atoms with van der Waals surface area (Å²) in [5, 5.41) is 25.7. The average molecular weight is 614 g/mol. The van der Waals surface area contributed by atoms with Gasteiger partial charge in [-0.3, -0.25) is 14.9 Å². The zero-order chi connectivity index (χ0) is 28.3. The third kappa shape index (κ3) is 6.15. The van der Waals surface area contributed by atoms with Crippen molar-refractivity contribution in [1.82, 2.24) is 9.66 Å². The van der Waals surface area contributed by atoms with Gasteiger partial charge in [-0.1, -0.05) is 53.5 Å². The molecular weight excluding hydrogens is 592 g/mol. The molecule has 0 aliphatic heterocycles. The van der Waals surface area contributed by atoms with Gasteiger partial charge in [0.15, 0.2) is 0 Å². The van der Waals surface area contributed by atoms with Crippen LogP contribution < -0.4 is 10.3 Å². The summed E-state index contributed by atoms with van der Waals surface area (Å²) >= 11 is 9.74. The number of aromatic carboxylic acids is 1. The summed E-state index contributed by atoms with van der Waals surface area (Å²) in [7, 11) is 0. The van der Waals surface area contributed by atoms with Gasteiger partial charge in [0.1, 0.15) is 12.4 Å². The SMILES string of the molecule is CC[C@H](C)c1nc2ccc(Br)cc2c(=O)n1N=Cc1cc(Cl)c(OCc2cccc(C(=O)O)c2)c([N+](=O)[O-])c1.